The molecule has 1 aromatic heterocycles. The summed E-state index contributed by atoms with van der Waals surface area (Å²) in [6.07, 6.45) is 2.79. The maximum atomic E-state index is 11.5. The van der Waals surface area contributed by atoms with E-state index in [1.165, 1.54) is 6.20 Å². The summed E-state index contributed by atoms with van der Waals surface area (Å²) in [5.74, 6) is 0. The first-order valence-electron chi connectivity index (χ1n) is 4.35. The van der Waals surface area contributed by atoms with Gasteiger partial charge in [0.25, 0.3) is 0 Å². The Bertz CT molecular complexity index is 466. The van der Waals surface area contributed by atoms with Gasteiger partial charge in [-0.15, -0.1) is 0 Å². The van der Waals surface area contributed by atoms with Crippen molar-refractivity contribution in [1.29, 1.82) is 0 Å². The summed E-state index contributed by atoms with van der Waals surface area (Å²) in [4.78, 5) is 13.4. The molecule has 0 bridgehead atoms. The zero-order valence-electron chi connectivity index (χ0n) is 7.93. The van der Waals surface area contributed by atoms with E-state index < -0.39 is 15.5 Å². The highest BCUT2D eigenvalue weighted by atomic mass is 32.2. The second-order valence-corrected chi connectivity index (χ2v) is 4.58. The summed E-state index contributed by atoms with van der Waals surface area (Å²) in [5, 5.41) is 8.49. The van der Waals surface area contributed by atoms with E-state index in [9.17, 15) is 13.2 Å². The molecule has 7 heteroatoms. The lowest BCUT2D eigenvalue weighted by Crippen LogP contribution is -2.29. The SMILES string of the molecule is O=c1cc[nH]cc1S(=O)(=O)NCCCO. The van der Waals surface area contributed by atoms with Crippen molar-refractivity contribution in [2.45, 2.75) is 11.3 Å². The van der Waals surface area contributed by atoms with Crippen LogP contribution in [0.2, 0.25) is 0 Å². The maximum absolute atomic E-state index is 11.5. The van der Waals surface area contributed by atoms with Crippen molar-refractivity contribution in [3.63, 3.8) is 0 Å². The molecule has 0 amide bonds. The lowest BCUT2D eigenvalue weighted by atomic mass is 10.5. The normalized spacial score (nSPS) is 11.5. The average Bonchev–Trinajstić information content (AvgIpc) is 2.18. The van der Waals surface area contributed by atoms with E-state index in [-0.39, 0.29) is 18.0 Å². The standard InChI is InChI=1S/C8H12N2O4S/c11-5-1-3-10-15(13,14)8-6-9-4-2-7(8)12/h2,4,6,10-11H,1,3,5H2,(H,9,12). The van der Waals surface area contributed by atoms with Crippen molar-refractivity contribution in [3.05, 3.63) is 28.7 Å². The molecular weight excluding hydrogens is 220 g/mol. The highest BCUT2D eigenvalue weighted by molar-refractivity contribution is 7.89. The highest BCUT2D eigenvalue weighted by Gasteiger charge is 2.16. The lowest BCUT2D eigenvalue weighted by molar-refractivity contribution is 0.289. The van der Waals surface area contributed by atoms with Gasteiger partial charge >= 0.3 is 0 Å². The van der Waals surface area contributed by atoms with E-state index in [0.29, 0.717) is 6.42 Å². The molecule has 0 aromatic carbocycles. The molecule has 0 radical (unpaired) electrons. The summed E-state index contributed by atoms with van der Waals surface area (Å²) in [5.41, 5.74) is -0.565. The quantitative estimate of drug-likeness (QED) is 0.569. The van der Waals surface area contributed by atoms with Crippen LogP contribution in [0, 0.1) is 0 Å². The third-order valence-corrected chi connectivity index (χ3v) is 3.19. The lowest BCUT2D eigenvalue weighted by Gasteiger charge is -2.04. The number of nitrogens with one attached hydrogen (secondary N) is 2. The van der Waals surface area contributed by atoms with Gasteiger partial charge in [0, 0.05) is 31.6 Å². The van der Waals surface area contributed by atoms with Crippen molar-refractivity contribution in [2.75, 3.05) is 13.2 Å². The van der Waals surface area contributed by atoms with Crippen LogP contribution in [0.25, 0.3) is 0 Å². The molecular formula is C8H12N2O4S. The predicted molar refractivity (Wildman–Crippen MR) is 54.0 cm³/mol. The number of pyridine rings is 1. The Morgan fingerprint density at radius 2 is 2.20 bits per heavy atom. The topological polar surface area (TPSA) is 99.3 Å². The summed E-state index contributed by atoms with van der Waals surface area (Å²) < 4.78 is 25.2. The fourth-order valence-electron chi connectivity index (χ4n) is 0.974. The van der Waals surface area contributed by atoms with Crippen molar-refractivity contribution in [3.8, 4) is 0 Å². The molecule has 0 spiro atoms. The van der Waals surface area contributed by atoms with Gasteiger partial charge in [0.05, 0.1) is 0 Å². The largest absolute Gasteiger partial charge is 0.396 e. The van der Waals surface area contributed by atoms with Crippen molar-refractivity contribution < 1.29 is 13.5 Å². The number of H-pyrrole nitrogens is 1. The van der Waals surface area contributed by atoms with E-state index in [2.05, 4.69) is 9.71 Å². The van der Waals surface area contributed by atoms with Crippen molar-refractivity contribution in [1.82, 2.24) is 9.71 Å². The summed E-state index contributed by atoms with van der Waals surface area (Å²) >= 11 is 0. The van der Waals surface area contributed by atoms with Gasteiger partial charge in [-0.3, -0.25) is 4.79 Å². The number of aromatic amines is 1. The minimum Gasteiger partial charge on any atom is -0.396 e. The molecule has 3 N–H and O–H groups in total. The van der Waals surface area contributed by atoms with Crippen LogP contribution in [-0.2, 0) is 10.0 Å². The molecule has 0 aliphatic heterocycles. The molecule has 0 aliphatic carbocycles. The minimum atomic E-state index is -3.77. The second-order valence-electron chi connectivity index (χ2n) is 2.85. The van der Waals surface area contributed by atoms with Gasteiger partial charge in [-0.25, -0.2) is 13.1 Å². The van der Waals surface area contributed by atoms with E-state index in [4.69, 9.17) is 5.11 Å². The zero-order chi connectivity index (χ0) is 11.3. The van der Waals surface area contributed by atoms with Gasteiger partial charge in [-0.1, -0.05) is 0 Å². The highest BCUT2D eigenvalue weighted by Crippen LogP contribution is 1.99. The number of hydrogen-bond acceptors (Lipinski definition) is 4. The fraction of sp³-hybridized carbons (Fsp3) is 0.375. The van der Waals surface area contributed by atoms with E-state index in [1.54, 1.807) is 0 Å². The first kappa shape index (κ1) is 11.9. The van der Waals surface area contributed by atoms with Gasteiger partial charge in [0.2, 0.25) is 15.5 Å². The van der Waals surface area contributed by atoms with Crippen LogP contribution >= 0.6 is 0 Å². The van der Waals surface area contributed by atoms with Crippen LogP contribution in [0.15, 0.2) is 28.2 Å². The minimum absolute atomic E-state index is 0.104. The molecule has 1 heterocycles. The number of rotatable bonds is 5. The van der Waals surface area contributed by atoms with E-state index >= 15 is 0 Å². The molecule has 0 saturated carbocycles. The first-order valence-corrected chi connectivity index (χ1v) is 5.84. The smallest absolute Gasteiger partial charge is 0.245 e. The van der Waals surface area contributed by atoms with Crippen LogP contribution in [0.5, 0.6) is 0 Å². The van der Waals surface area contributed by atoms with Crippen LogP contribution in [0.1, 0.15) is 6.42 Å². The average molecular weight is 232 g/mol. The Balaban J connectivity index is 2.88. The van der Waals surface area contributed by atoms with Gasteiger partial charge < -0.3 is 10.1 Å². The Labute approximate surface area is 87.0 Å². The molecule has 0 atom stereocenters. The third kappa shape index (κ3) is 3.15. The van der Waals surface area contributed by atoms with Gasteiger partial charge in [-0.2, -0.15) is 0 Å². The number of aliphatic hydroxyl groups is 1. The molecule has 84 valence electrons. The molecule has 1 aromatic rings. The Kier molecular flexibility index (Phi) is 4.01. The fourth-order valence-corrected chi connectivity index (χ4v) is 2.10. The summed E-state index contributed by atoms with van der Waals surface area (Å²) in [6, 6.07) is 1.14. The van der Waals surface area contributed by atoms with Gasteiger partial charge in [0.15, 0.2) is 0 Å². The maximum Gasteiger partial charge on any atom is 0.245 e. The van der Waals surface area contributed by atoms with Crippen LogP contribution in [-0.4, -0.2) is 31.7 Å². The predicted octanol–water partition coefficient (Wildman–Crippen LogP) is -0.964. The zero-order valence-corrected chi connectivity index (χ0v) is 8.75. The van der Waals surface area contributed by atoms with Crippen LogP contribution < -0.4 is 10.2 Å². The van der Waals surface area contributed by atoms with Crippen LogP contribution in [0.3, 0.4) is 0 Å². The summed E-state index contributed by atoms with van der Waals surface area (Å²) in [6.45, 7) is 0.000828. The molecule has 0 aliphatic rings. The first-order chi connectivity index (χ1) is 7.08. The van der Waals surface area contributed by atoms with E-state index in [0.717, 1.165) is 12.3 Å². The molecule has 0 unspecified atom stereocenters. The number of aromatic nitrogens is 1. The Morgan fingerprint density at radius 3 is 2.80 bits per heavy atom. The Hall–Kier alpha value is -1.18. The molecule has 6 nitrogen and oxygen atoms in total. The molecule has 0 saturated heterocycles. The molecule has 15 heavy (non-hydrogen) atoms. The van der Waals surface area contributed by atoms with Crippen molar-refractivity contribution >= 4 is 10.0 Å². The summed E-state index contributed by atoms with van der Waals surface area (Å²) in [7, 11) is -3.77. The third-order valence-electron chi connectivity index (χ3n) is 1.70. The second kappa shape index (κ2) is 5.06. The molecule has 0 fully saturated rings. The number of sulfonamides is 1. The molecule has 1 rings (SSSR count). The van der Waals surface area contributed by atoms with Crippen molar-refractivity contribution in [2.24, 2.45) is 0 Å². The van der Waals surface area contributed by atoms with E-state index in [1.807, 2.05) is 0 Å². The Morgan fingerprint density at radius 1 is 1.47 bits per heavy atom. The van der Waals surface area contributed by atoms with Gasteiger partial charge in [-0.05, 0) is 6.42 Å². The van der Waals surface area contributed by atoms with Crippen LogP contribution in [0.4, 0.5) is 0 Å². The monoisotopic (exact) mass is 232 g/mol. The van der Waals surface area contributed by atoms with Gasteiger partial charge in [0.1, 0.15) is 4.90 Å². The number of aliphatic hydroxyl groups excluding tert-OH is 1. The number of hydrogen-bond donors (Lipinski definition) is 3.